The summed E-state index contributed by atoms with van der Waals surface area (Å²) in [7, 11) is 3.86. The molecule has 1 heterocycles. The Balaban J connectivity index is 0.00000161. The van der Waals surface area contributed by atoms with Gasteiger partial charge in [-0.2, -0.15) is 0 Å². The van der Waals surface area contributed by atoms with E-state index in [2.05, 4.69) is 36.2 Å². The molecule has 118 valence electrons. The highest BCUT2D eigenvalue weighted by Crippen LogP contribution is 2.45. The lowest BCUT2D eigenvalue weighted by Crippen LogP contribution is -2.52. The fourth-order valence-electron chi connectivity index (χ4n) is 3.76. The molecular formula is C17H26ClNO2. The smallest absolute Gasteiger partial charge is 0.118 e. The largest absolute Gasteiger partial charge is 0.497 e. The van der Waals surface area contributed by atoms with Gasteiger partial charge in [-0.1, -0.05) is 31.4 Å². The maximum Gasteiger partial charge on any atom is 0.118 e. The molecule has 1 aliphatic carbocycles. The lowest BCUT2D eigenvalue weighted by molar-refractivity contribution is -0.161. The van der Waals surface area contributed by atoms with Crippen molar-refractivity contribution in [2.45, 2.75) is 43.6 Å². The van der Waals surface area contributed by atoms with Crippen LogP contribution >= 0.6 is 12.4 Å². The van der Waals surface area contributed by atoms with Crippen LogP contribution in [0.1, 0.15) is 43.6 Å². The molecule has 0 N–H and O–H groups in total. The van der Waals surface area contributed by atoms with Crippen molar-refractivity contribution >= 4 is 12.4 Å². The number of rotatable bonds is 2. The quantitative estimate of drug-likeness (QED) is 0.828. The van der Waals surface area contributed by atoms with Crippen LogP contribution in [0.5, 0.6) is 5.75 Å². The third-order valence-corrected chi connectivity index (χ3v) is 4.92. The van der Waals surface area contributed by atoms with E-state index in [0.29, 0.717) is 5.92 Å². The number of nitrogens with zero attached hydrogens (tertiary/aromatic N) is 1. The van der Waals surface area contributed by atoms with Gasteiger partial charge in [-0.15, -0.1) is 12.4 Å². The molecule has 0 radical (unpaired) electrons. The molecule has 1 aromatic carbocycles. The molecule has 0 amide bonds. The molecule has 2 fully saturated rings. The molecule has 1 aliphatic heterocycles. The number of methoxy groups -OCH3 is 1. The zero-order valence-electron chi connectivity index (χ0n) is 13.0. The van der Waals surface area contributed by atoms with Gasteiger partial charge in [0, 0.05) is 12.5 Å². The van der Waals surface area contributed by atoms with E-state index in [9.17, 15) is 0 Å². The maximum absolute atomic E-state index is 6.34. The molecule has 1 spiro atoms. The minimum Gasteiger partial charge on any atom is -0.497 e. The van der Waals surface area contributed by atoms with Gasteiger partial charge in [0.25, 0.3) is 0 Å². The zero-order chi connectivity index (χ0) is 14.0. The maximum atomic E-state index is 6.34. The number of likely N-dealkylation sites (N-methyl/N-ethyl adjacent to an activating group) is 1. The summed E-state index contributed by atoms with van der Waals surface area (Å²) in [6.45, 7) is 1.86. The van der Waals surface area contributed by atoms with E-state index in [1.807, 2.05) is 0 Å². The van der Waals surface area contributed by atoms with Crippen LogP contribution in [0.25, 0.3) is 0 Å². The summed E-state index contributed by atoms with van der Waals surface area (Å²) in [6, 6.07) is 8.56. The number of benzene rings is 1. The van der Waals surface area contributed by atoms with Gasteiger partial charge in [0.1, 0.15) is 5.75 Å². The third-order valence-electron chi connectivity index (χ3n) is 4.92. The second-order valence-electron chi connectivity index (χ2n) is 6.26. The fourth-order valence-corrected chi connectivity index (χ4v) is 3.76. The average molecular weight is 312 g/mol. The first-order valence-electron chi connectivity index (χ1n) is 7.70. The normalized spacial score (nSPS) is 25.3. The molecule has 2 aliphatic rings. The second-order valence-corrected chi connectivity index (χ2v) is 6.26. The van der Waals surface area contributed by atoms with Crippen molar-refractivity contribution in [3.05, 3.63) is 29.8 Å². The molecule has 4 heteroatoms. The topological polar surface area (TPSA) is 21.7 Å². The molecule has 21 heavy (non-hydrogen) atoms. The van der Waals surface area contributed by atoms with Crippen LogP contribution in [0.4, 0.5) is 0 Å². The van der Waals surface area contributed by atoms with Crippen LogP contribution in [0.2, 0.25) is 0 Å². The van der Waals surface area contributed by atoms with Crippen LogP contribution in [0.3, 0.4) is 0 Å². The van der Waals surface area contributed by atoms with Crippen LogP contribution < -0.4 is 4.74 Å². The Morgan fingerprint density at radius 2 is 1.81 bits per heavy atom. The first-order valence-corrected chi connectivity index (χ1v) is 7.70. The fraction of sp³-hybridized carbons (Fsp3) is 0.647. The summed E-state index contributed by atoms with van der Waals surface area (Å²) < 4.78 is 11.6. The highest BCUT2D eigenvalue weighted by Gasteiger charge is 2.44. The molecular weight excluding hydrogens is 286 g/mol. The van der Waals surface area contributed by atoms with Crippen molar-refractivity contribution in [3.63, 3.8) is 0 Å². The van der Waals surface area contributed by atoms with Crippen LogP contribution in [0.15, 0.2) is 24.3 Å². The van der Waals surface area contributed by atoms with Gasteiger partial charge >= 0.3 is 0 Å². The van der Waals surface area contributed by atoms with E-state index in [1.54, 1.807) is 7.11 Å². The Labute approximate surface area is 134 Å². The van der Waals surface area contributed by atoms with Crippen molar-refractivity contribution in [1.29, 1.82) is 0 Å². The molecule has 3 nitrogen and oxygen atoms in total. The first kappa shape index (κ1) is 16.6. The van der Waals surface area contributed by atoms with E-state index in [0.717, 1.165) is 19.0 Å². The molecule has 1 atom stereocenters. The summed E-state index contributed by atoms with van der Waals surface area (Å²) in [4.78, 5) is 2.29. The monoisotopic (exact) mass is 311 g/mol. The third kappa shape index (κ3) is 3.36. The Morgan fingerprint density at radius 1 is 1.14 bits per heavy atom. The van der Waals surface area contributed by atoms with E-state index in [1.165, 1.54) is 37.7 Å². The highest BCUT2D eigenvalue weighted by atomic mass is 35.5. The lowest BCUT2D eigenvalue weighted by atomic mass is 9.71. The Bertz CT molecular complexity index is 443. The molecule has 3 rings (SSSR count). The molecule has 1 aromatic rings. The van der Waals surface area contributed by atoms with Crippen LogP contribution in [-0.4, -0.2) is 37.9 Å². The van der Waals surface area contributed by atoms with Crippen molar-refractivity contribution in [2.24, 2.45) is 0 Å². The van der Waals surface area contributed by atoms with Gasteiger partial charge in [0.15, 0.2) is 0 Å². The first-order chi connectivity index (χ1) is 9.73. The van der Waals surface area contributed by atoms with Crippen LogP contribution in [0, 0.1) is 0 Å². The number of hydrogen-bond acceptors (Lipinski definition) is 3. The van der Waals surface area contributed by atoms with E-state index in [-0.39, 0.29) is 18.0 Å². The van der Waals surface area contributed by atoms with E-state index >= 15 is 0 Å². The number of ether oxygens (including phenoxy) is 2. The van der Waals surface area contributed by atoms with Crippen molar-refractivity contribution in [3.8, 4) is 5.75 Å². The summed E-state index contributed by atoms with van der Waals surface area (Å²) in [5, 5.41) is 0. The van der Waals surface area contributed by atoms with Crippen molar-refractivity contribution < 1.29 is 9.47 Å². The summed E-state index contributed by atoms with van der Waals surface area (Å²) in [5.41, 5.74) is 1.46. The minimum atomic E-state index is 0. The molecule has 1 unspecified atom stereocenters. The van der Waals surface area contributed by atoms with Crippen LogP contribution in [-0.2, 0) is 4.74 Å². The predicted octanol–water partition coefficient (Wildman–Crippen LogP) is 3.82. The van der Waals surface area contributed by atoms with Gasteiger partial charge in [-0.05, 0) is 37.6 Å². The SMILES string of the molecule is COc1ccc(C2CN(C)COC23CCCCC3)cc1.Cl. The zero-order valence-corrected chi connectivity index (χ0v) is 13.8. The minimum absolute atomic E-state index is 0. The van der Waals surface area contributed by atoms with Gasteiger partial charge in [0.05, 0.1) is 19.4 Å². The molecule has 1 saturated carbocycles. The Kier molecular flexibility index (Phi) is 5.53. The number of halogens is 1. The Hall–Kier alpha value is -0.770. The van der Waals surface area contributed by atoms with Gasteiger partial charge in [-0.3, -0.25) is 4.90 Å². The highest BCUT2D eigenvalue weighted by molar-refractivity contribution is 5.85. The molecule has 0 aromatic heterocycles. The second kappa shape index (κ2) is 6.99. The molecule has 0 bridgehead atoms. The molecule has 1 saturated heterocycles. The summed E-state index contributed by atoms with van der Waals surface area (Å²) in [5.74, 6) is 1.41. The van der Waals surface area contributed by atoms with Gasteiger partial charge in [0.2, 0.25) is 0 Å². The standard InChI is InChI=1S/C17H25NO2.ClH/c1-18-12-16(14-6-8-15(19-2)9-7-14)17(20-13-18)10-4-3-5-11-17;/h6-9,16H,3-5,10-13H2,1-2H3;1H. The lowest BCUT2D eigenvalue weighted by Gasteiger charge is -2.49. The average Bonchev–Trinajstić information content (AvgIpc) is 2.51. The van der Waals surface area contributed by atoms with Crippen molar-refractivity contribution in [2.75, 3.05) is 27.4 Å². The van der Waals surface area contributed by atoms with Gasteiger partial charge < -0.3 is 9.47 Å². The van der Waals surface area contributed by atoms with E-state index < -0.39 is 0 Å². The van der Waals surface area contributed by atoms with E-state index in [4.69, 9.17) is 9.47 Å². The number of hydrogen-bond donors (Lipinski definition) is 0. The van der Waals surface area contributed by atoms with Crippen molar-refractivity contribution in [1.82, 2.24) is 4.90 Å². The van der Waals surface area contributed by atoms with Gasteiger partial charge in [-0.25, -0.2) is 0 Å². The summed E-state index contributed by atoms with van der Waals surface area (Å²) >= 11 is 0. The predicted molar refractivity (Wildman–Crippen MR) is 87.4 cm³/mol. The summed E-state index contributed by atoms with van der Waals surface area (Å²) in [6.07, 6.45) is 6.37. The Morgan fingerprint density at radius 3 is 2.43 bits per heavy atom.